The molecule has 0 saturated carbocycles. The quantitative estimate of drug-likeness (QED) is 0.249. The summed E-state index contributed by atoms with van der Waals surface area (Å²) in [5.41, 5.74) is 7.77. The van der Waals surface area contributed by atoms with E-state index >= 15 is 0 Å². The number of rotatable bonds is 6. The van der Waals surface area contributed by atoms with Gasteiger partial charge in [-0.1, -0.05) is 77.9 Å². The van der Waals surface area contributed by atoms with Gasteiger partial charge in [0.05, 0.1) is 22.8 Å². The van der Waals surface area contributed by atoms with Crippen LogP contribution in [0.5, 0.6) is 0 Å². The third-order valence-corrected chi connectivity index (χ3v) is 8.21. The lowest BCUT2D eigenvalue weighted by Gasteiger charge is -2.26. The van der Waals surface area contributed by atoms with Crippen molar-refractivity contribution in [2.24, 2.45) is 31.3 Å². The van der Waals surface area contributed by atoms with Gasteiger partial charge < -0.3 is 0 Å². The van der Waals surface area contributed by atoms with Crippen molar-refractivity contribution in [1.29, 1.82) is 0 Å². The largest absolute Gasteiger partial charge is 0.289 e. The highest BCUT2D eigenvalue weighted by Gasteiger charge is 2.30. The number of azo groups is 2. The van der Waals surface area contributed by atoms with Crippen LogP contribution in [-0.2, 0) is 9.59 Å². The summed E-state index contributed by atoms with van der Waals surface area (Å²) in [7, 11) is 0. The Morgan fingerprint density at radius 1 is 0.551 bits per heavy atom. The minimum absolute atomic E-state index is 0.0114. The lowest BCUT2D eigenvalue weighted by Crippen LogP contribution is -2.21. The first-order valence-electron chi connectivity index (χ1n) is 16.4. The number of ketones is 2. The van der Waals surface area contributed by atoms with Gasteiger partial charge in [-0.25, -0.2) is 4.98 Å². The lowest BCUT2D eigenvalue weighted by atomic mass is 9.78. The molecule has 0 N–H and O–H groups in total. The van der Waals surface area contributed by atoms with Gasteiger partial charge in [-0.3, -0.25) is 9.59 Å². The summed E-state index contributed by atoms with van der Waals surface area (Å²) < 4.78 is 0. The highest BCUT2D eigenvalue weighted by Crippen LogP contribution is 2.38. The Morgan fingerprint density at radius 2 is 0.918 bits per heavy atom. The number of aromatic nitrogens is 1. The van der Waals surface area contributed by atoms with Crippen LogP contribution in [0.1, 0.15) is 72.3 Å². The molecule has 0 aliphatic heterocycles. The molecule has 0 fully saturated rings. The number of carbonyl (C=O) groups excluding carboxylic acids is 2. The van der Waals surface area contributed by atoms with Crippen LogP contribution in [0.4, 0.5) is 11.4 Å². The van der Waals surface area contributed by atoms with E-state index in [9.17, 15) is 9.59 Å². The fraction of sp³-hybridized carbons (Fsp3) is 0.262. The highest BCUT2D eigenvalue weighted by atomic mass is 16.1. The van der Waals surface area contributed by atoms with Crippen LogP contribution in [0.3, 0.4) is 0 Å². The maximum absolute atomic E-state index is 13.3. The first-order chi connectivity index (χ1) is 23.1. The molecule has 0 bridgehead atoms. The molecule has 5 rings (SSSR count). The van der Waals surface area contributed by atoms with Crippen molar-refractivity contribution in [3.8, 4) is 0 Å². The fourth-order valence-electron chi connectivity index (χ4n) is 5.56. The van der Waals surface area contributed by atoms with Gasteiger partial charge in [0.25, 0.3) is 0 Å². The molecular formula is C42H43N5O2. The lowest BCUT2D eigenvalue weighted by molar-refractivity contribution is -0.113. The maximum atomic E-state index is 13.3. The third-order valence-electron chi connectivity index (χ3n) is 8.21. The minimum Gasteiger partial charge on any atom is -0.289 e. The van der Waals surface area contributed by atoms with Crippen LogP contribution in [0.2, 0.25) is 0 Å². The fourth-order valence-corrected chi connectivity index (χ4v) is 5.56. The predicted molar refractivity (Wildman–Crippen MR) is 197 cm³/mol. The monoisotopic (exact) mass is 649 g/mol. The number of carbonyl (C=O) groups is 2. The number of hydrogen-bond acceptors (Lipinski definition) is 7. The van der Waals surface area contributed by atoms with Crippen LogP contribution in [0.15, 0.2) is 151 Å². The third kappa shape index (κ3) is 8.18. The molecule has 2 aliphatic rings. The second-order valence-corrected chi connectivity index (χ2v) is 14.5. The Morgan fingerprint density at radius 3 is 1.27 bits per heavy atom. The van der Waals surface area contributed by atoms with E-state index in [0.29, 0.717) is 56.4 Å². The van der Waals surface area contributed by atoms with Crippen LogP contribution in [0, 0.1) is 17.8 Å². The molecular weight excluding hydrogens is 606 g/mol. The van der Waals surface area contributed by atoms with Gasteiger partial charge in [0.15, 0.2) is 11.6 Å². The zero-order valence-corrected chi connectivity index (χ0v) is 29.8. The standard InChI is InChI=1S/C42H43N5O2/c1-26-20-35(37(46-44-31-16-12-10-13-17-31)29-22-27(2)39(48)33(24-29)41(4,5)6)43-36(21-26)38(47-45-32-18-14-11-15-19-32)30-23-28(3)40(49)34(25-30)42(7,8)9/h10-25H,1-9H3/b37-29+,38-30+,46-44?,47-45?. The Balaban J connectivity index is 1.80. The first-order valence-corrected chi connectivity index (χ1v) is 16.4. The number of pyridine rings is 1. The second kappa shape index (κ2) is 14.0. The summed E-state index contributed by atoms with van der Waals surface area (Å²) in [6.07, 6.45) is 7.52. The molecule has 1 heterocycles. The van der Waals surface area contributed by atoms with Crippen molar-refractivity contribution in [3.05, 3.63) is 147 Å². The summed E-state index contributed by atoms with van der Waals surface area (Å²) in [5.74, 6) is 0.0227. The molecule has 0 unspecified atom stereocenters. The van der Waals surface area contributed by atoms with E-state index in [1.807, 2.05) is 159 Å². The molecule has 0 radical (unpaired) electrons. The van der Waals surface area contributed by atoms with E-state index < -0.39 is 0 Å². The zero-order chi connectivity index (χ0) is 35.5. The van der Waals surface area contributed by atoms with E-state index in [0.717, 1.165) is 16.7 Å². The van der Waals surface area contributed by atoms with Crippen LogP contribution in [-0.4, -0.2) is 16.6 Å². The molecule has 0 atom stereocenters. The van der Waals surface area contributed by atoms with Gasteiger partial charge in [0.2, 0.25) is 0 Å². The molecule has 0 saturated heterocycles. The second-order valence-electron chi connectivity index (χ2n) is 14.5. The van der Waals surface area contributed by atoms with Crippen molar-refractivity contribution >= 4 is 34.3 Å². The van der Waals surface area contributed by atoms with Crippen molar-refractivity contribution in [3.63, 3.8) is 0 Å². The molecule has 248 valence electrons. The van der Waals surface area contributed by atoms with E-state index in [4.69, 9.17) is 15.2 Å². The maximum Gasteiger partial charge on any atom is 0.185 e. The van der Waals surface area contributed by atoms with Crippen LogP contribution < -0.4 is 0 Å². The number of allylic oxidation sites excluding steroid dienone is 10. The Hall–Kier alpha value is -5.43. The van der Waals surface area contributed by atoms with Crippen molar-refractivity contribution < 1.29 is 9.59 Å². The molecule has 1 aromatic heterocycles. The number of nitrogens with zero attached hydrogens (tertiary/aromatic N) is 5. The summed E-state index contributed by atoms with van der Waals surface area (Å²) in [4.78, 5) is 31.7. The van der Waals surface area contributed by atoms with Gasteiger partial charge in [-0.15, -0.1) is 10.2 Å². The molecule has 0 spiro atoms. The number of aryl methyl sites for hydroxylation is 1. The van der Waals surface area contributed by atoms with Crippen molar-refractivity contribution in [2.75, 3.05) is 0 Å². The van der Waals surface area contributed by atoms with Gasteiger partial charge in [-0.05, 0) is 109 Å². The summed E-state index contributed by atoms with van der Waals surface area (Å²) in [5, 5.41) is 18.7. The Bertz CT molecular complexity index is 1910. The number of Topliss-reactive ketones (excluding diaryl/α,β-unsaturated/α-hetero) is 2. The zero-order valence-electron chi connectivity index (χ0n) is 29.8. The van der Waals surface area contributed by atoms with Crippen LogP contribution >= 0.6 is 0 Å². The van der Waals surface area contributed by atoms with Gasteiger partial charge >= 0.3 is 0 Å². The predicted octanol–water partition coefficient (Wildman–Crippen LogP) is 11.4. The Labute approximate surface area is 289 Å². The number of benzene rings is 2. The van der Waals surface area contributed by atoms with E-state index in [1.165, 1.54) is 0 Å². The summed E-state index contributed by atoms with van der Waals surface area (Å²) in [6.45, 7) is 17.8. The SMILES string of the molecule is CC1=C/C(=C(\N=Nc2ccccc2)c2cc(C)cc(/C(N=Nc3ccccc3)=C3/C=C(C)C(=O)C(C(C)(C)C)=C3)n2)C=C(C(C)(C)C)C1=O. The summed E-state index contributed by atoms with van der Waals surface area (Å²) in [6, 6.07) is 22.9. The van der Waals surface area contributed by atoms with Gasteiger partial charge in [0.1, 0.15) is 11.4 Å². The molecule has 7 heteroatoms. The molecule has 2 aromatic carbocycles. The average molecular weight is 650 g/mol. The van der Waals surface area contributed by atoms with Crippen molar-refractivity contribution in [1.82, 2.24) is 4.98 Å². The number of hydrogen-bond donors (Lipinski definition) is 0. The average Bonchev–Trinajstić information content (AvgIpc) is 3.04. The normalized spacial score (nSPS) is 18.0. The topological polar surface area (TPSA) is 96.5 Å². The molecule has 49 heavy (non-hydrogen) atoms. The van der Waals surface area contributed by atoms with Gasteiger partial charge in [0, 0.05) is 22.3 Å². The molecule has 3 aromatic rings. The molecule has 7 nitrogen and oxygen atoms in total. The summed E-state index contributed by atoms with van der Waals surface area (Å²) >= 11 is 0. The smallest absolute Gasteiger partial charge is 0.185 e. The van der Waals surface area contributed by atoms with Crippen molar-refractivity contribution in [2.45, 2.75) is 62.3 Å². The van der Waals surface area contributed by atoms with E-state index in [2.05, 4.69) is 10.2 Å². The van der Waals surface area contributed by atoms with E-state index in [1.54, 1.807) is 0 Å². The van der Waals surface area contributed by atoms with Crippen LogP contribution in [0.25, 0.3) is 11.4 Å². The molecule has 2 aliphatic carbocycles. The first kappa shape index (κ1) is 34.9. The Kier molecular flexibility index (Phi) is 9.95. The minimum atomic E-state index is -0.389. The van der Waals surface area contributed by atoms with E-state index in [-0.39, 0.29) is 22.4 Å². The molecule has 0 amide bonds. The highest BCUT2D eigenvalue weighted by molar-refractivity contribution is 6.12. The van der Waals surface area contributed by atoms with Gasteiger partial charge in [-0.2, -0.15) is 10.2 Å².